The molecule has 1 unspecified atom stereocenters. The van der Waals surface area contributed by atoms with Gasteiger partial charge in [-0.1, -0.05) is 30.3 Å². The summed E-state index contributed by atoms with van der Waals surface area (Å²) in [5, 5.41) is 0. The number of hydrogen-bond donors (Lipinski definition) is 0. The number of aromatic nitrogens is 1. The number of rotatable bonds is 5. The molecule has 1 saturated heterocycles. The van der Waals surface area contributed by atoms with Gasteiger partial charge in [0, 0.05) is 31.6 Å². The molecule has 0 aliphatic carbocycles. The summed E-state index contributed by atoms with van der Waals surface area (Å²) in [5.41, 5.74) is 2.69. The predicted molar refractivity (Wildman–Crippen MR) is 113 cm³/mol. The molecule has 1 aliphatic rings. The SMILES string of the molecule is COc1ccccc1C(C)N(C)C(=O)C1CCN(c2nc3ccccc3o2)CC1. The number of hydrogen-bond acceptors (Lipinski definition) is 5. The van der Waals surface area contributed by atoms with Crippen molar-refractivity contribution in [3.05, 3.63) is 54.1 Å². The van der Waals surface area contributed by atoms with Gasteiger partial charge < -0.3 is 19.0 Å². The molecule has 1 atom stereocenters. The molecule has 1 fully saturated rings. The number of nitrogens with zero attached hydrogens (tertiary/aromatic N) is 3. The minimum Gasteiger partial charge on any atom is -0.496 e. The van der Waals surface area contributed by atoms with E-state index < -0.39 is 0 Å². The third kappa shape index (κ3) is 3.79. The van der Waals surface area contributed by atoms with Gasteiger partial charge in [-0.15, -0.1) is 0 Å². The van der Waals surface area contributed by atoms with Gasteiger partial charge in [0.2, 0.25) is 5.91 Å². The molecule has 1 aromatic heterocycles. The second-order valence-corrected chi connectivity index (χ2v) is 7.59. The molecule has 6 nitrogen and oxygen atoms in total. The van der Waals surface area contributed by atoms with Crippen LogP contribution in [0.25, 0.3) is 11.1 Å². The van der Waals surface area contributed by atoms with Gasteiger partial charge in [0.25, 0.3) is 6.01 Å². The van der Waals surface area contributed by atoms with E-state index in [1.54, 1.807) is 7.11 Å². The van der Waals surface area contributed by atoms with E-state index >= 15 is 0 Å². The summed E-state index contributed by atoms with van der Waals surface area (Å²) < 4.78 is 11.3. The summed E-state index contributed by atoms with van der Waals surface area (Å²) in [5.74, 6) is 1.00. The average molecular weight is 393 g/mol. The second-order valence-electron chi connectivity index (χ2n) is 7.59. The third-order valence-electron chi connectivity index (χ3n) is 5.91. The first-order chi connectivity index (χ1) is 14.1. The van der Waals surface area contributed by atoms with E-state index in [0.717, 1.165) is 48.3 Å². The highest BCUT2D eigenvalue weighted by Gasteiger charge is 2.31. The summed E-state index contributed by atoms with van der Waals surface area (Å²) in [4.78, 5) is 21.7. The molecule has 0 saturated carbocycles. The monoisotopic (exact) mass is 393 g/mol. The summed E-state index contributed by atoms with van der Waals surface area (Å²) in [6.07, 6.45) is 1.58. The van der Waals surface area contributed by atoms with Crippen molar-refractivity contribution in [2.75, 3.05) is 32.1 Å². The van der Waals surface area contributed by atoms with Gasteiger partial charge in [0.05, 0.1) is 13.2 Å². The van der Waals surface area contributed by atoms with Gasteiger partial charge >= 0.3 is 0 Å². The standard InChI is InChI=1S/C23H27N3O3/c1-16(18-8-4-6-10-20(18)28-3)25(2)22(27)17-12-14-26(15-13-17)23-24-19-9-5-7-11-21(19)29-23/h4-11,16-17H,12-15H2,1-3H3. The predicted octanol–water partition coefficient (Wildman–Crippen LogP) is 4.27. The Bertz CT molecular complexity index is 959. The van der Waals surface area contributed by atoms with E-state index in [-0.39, 0.29) is 17.9 Å². The normalized spacial score (nSPS) is 16.0. The number of carbonyl (C=O) groups is 1. The maximum absolute atomic E-state index is 13.1. The fourth-order valence-corrected chi connectivity index (χ4v) is 4.01. The number of ether oxygens (including phenoxy) is 1. The van der Waals surface area contributed by atoms with Crippen LogP contribution >= 0.6 is 0 Å². The van der Waals surface area contributed by atoms with Crippen molar-refractivity contribution < 1.29 is 13.9 Å². The fraction of sp³-hybridized carbons (Fsp3) is 0.391. The van der Waals surface area contributed by atoms with Crippen molar-refractivity contribution in [1.82, 2.24) is 9.88 Å². The van der Waals surface area contributed by atoms with Crippen LogP contribution in [0.1, 0.15) is 31.4 Å². The number of benzene rings is 2. The van der Waals surface area contributed by atoms with E-state index in [1.165, 1.54) is 0 Å². The highest BCUT2D eigenvalue weighted by molar-refractivity contribution is 5.79. The zero-order chi connectivity index (χ0) is 20.4. The lowest BCUT2D eigenvalue weighted by Crippen LogP contribution is -2.42. The van der Waals surface area contributed by atoms with Crippen LogP contribution in [0.15, 0.2) is 52.9 Å². The van der Waals surface area contributed by atoms with Crippen LogP contribution in [-0.2, 0) is 4.79 Å². The molecule has 152 valence electrons. The van der Waals surface area contributed by atoms with Gasteiger partial charge in [-0.05, 0) is 38.0 Å². The minimum atomic E-state index is -0.0475. The Morgan fingerprint density at radius 3 is 2.59 bits per heavy atom. The molecule has 1 aliphatic heterocycles. The molecular weight excluding hydrogens is 366 g/mol. The zero-order valence-electron chi connectivity index (χ0n) is 17.2. The number of fused-ring (bicyclic) bond motifs is 1. The Morgan fingerprint density at radius 2 is 1.86 bits per heavy atom. The smallest absolute Gasteiger partial charge is 0.298 e. The van der Waals surface area contributed by atoms with Crippen LogP contribution in [0.3, 0.4) is 0 Å². The zero-order valence-corrected chi connectivity index (χ0v) is 17.2. The Labute approximate surface area is 171 Å². The van der Waals surface area contributed by atoms with E-state index in [4.69, 9.17) is 9.15 Å². The van der Waals surface area contributed by atoms with Crippen molar-refractivity contribution in [3.63, 3.8) is 0 Å². The van der Waals surface area contributed by atoms with Crippen LogP contribution in [-0.4, -0.2) is 43.0 Å². The first-order valence-corrected chi connectivity index (χ1v) is 10.1. The highest BCUT2D eigenvalue weighted by atomic mass is 16.5. The molecular formula is C23H27N3O3. The maximum Gasteiger partial charge on any atom is 0.298 e. The quantitative estimate of drug-likeness (QED) is 0.648. The molecule has 2 heterocycles. The van der Waals surface area contributed by atoms with Crippen LogP contribution < -0.4 is 9.64 Å². The Balaban J connectivity index is 1.40. The second kappa shape index (κ2) is 8.15. The van der Waals surface area contributed by atoms with Crippen LogP contribution in [0.2, 0.25) is 0 Å². The number of para-hydroxylation sites is 3. The molecule has 0 bridgehead atoms. The minimum absolute atomic E-state index is 0.0118. The van der Waals surface area contributed by atoms with Crippen LogP contribution in [0, 0.1) is 5.92 Å². The molecule has 0 N–H and O–H groups in total. The van der Waals surface area contributed by atoms with E-state index in [0.29, 0.717) is 6.01 Å². The van der Waals surface area contributed by atoms with E-state index in [1.807, 2.05) is 67.4 Å². The van der Waals surface area contributed by atoms with E-state index in [9.17, 15) is 4.79 Å². The summed E-state index contributed by atoms with van der Waals surface area (Å²) >= 11 is 0. The number of oxazole rings is 1. The number of methoxy groups -OCH3 is 1. The van der Waals surface area contributed by atoms with Crippen LogP contribution in [0.5, 0.6) is 5.75 Å². The molecule has 29 heavy (non-hydrogen) atoms. The van der Waals surface area contributed by atoms with Crippen molar-refractivity contribution >= 4 is 23.0 Å². The Morgan fingerprint density at radius 1 is 1.17 bits per heavy atom. The first-order valence-electron chi connectivity index (χ1n) is 10.1. The van der Waals surface area contributed by atoms with E-state index in [2.05, 4.69) is 9.88 Å². The Hall–Kier alpha value is -3.02. The molecule has 0 radical (unpaired) electrons. The van der Waals surface area contributed by atoms with Gasteiger partial charge in [-0.2, -0.15) is 4.98 Å². The lowest BCUT2D eigenvalue weighted by Gasteiger charge is -2.34. The van der Waals surface area contributed by atoms with Crippen molar-refractivity contribution in [1.29, 1.82) is 0 Å². The summed E-state index contributed by atoms with van der Waals surface area (Å²) in [7, 11) is 3.54. The molecule has 4 rings (SSSR count). The third-order valence-corrected chi connectivity index (χ3v) is 5.91. The summed E-state index contributed by atoms with van der Waals surface area (Å²) in [6.45, 7) is 3.57. The number of piperidine rings is 1. The van der Waals surface area contributed by atoms with Crippen molar-refractivity contribution in [3.8, 4) is 5.75 Å². The lowest BCUT2D eigenvalue weighted by molar-refractivity contribution is -0.136. The number of anilines is 1. The first kappa shape index (κ1) is 19.3. The van der Waals surface area contributed by atoms with Gasteiger partial charge in [-0.25, -0.2) is 0 Å². The number of carbonyl (C=O) groups excluding carboxylic acids is 1. The van der Waals surface area contributed by atoms with Crippen LogP contribution in [0.4, 0.5) is 6.01 Å². The molecule has 3 aromatic rings. The fourth-order valence-electron chi connectivity index (χ4n) is 4.01. The molecule has 2 aromatic carbocycles. The van der Waals surface area contributed by atoms with Gasteiger partial charge in [0.15, 0.2) is 5.58 Å². The number of amides is 1. The largest absolute Gasteiger partial charge is 0.496 e. The Kier molecular flexibility index (Phi) is 5.43. The molecule has 6 heteroatoms. The van der Waals surface area contributed by atoms with Crippen molar-refractivity contribution in [2.45, 2.75) is 25.8 Å². The summed E-state index contributed by atoms with van der Waals surface area (Å²) in [6, 6.07) is 16.3. The average Bonchev–Trinajstić information content (AvgIpc) is 3.22. The highest BCUT2D eigenvalue weighted by Crippen LogP contribution is 2.31. The van der Waals surface area contributed by atoms with Gasteiger partial charge in [-0.3, -0.25) is 4.79 Å². The molecule has 0 spiro atoms. The van der Waals surface area contributed by atoms with Crippen molar-refractivity contribution in [2.24, 2.45) is 5.92 Å². The van der Waals surface area contributed by atoms with Gasteiger partial charge in [0.1, 0.15) is 11.3 Å². The topological polar surface area (TPSA) is 58.8 Å². The molecule has 1 amide bonds. The lowest BCUT2D eigenvalue weighted by atomic mass is 9.94. The maximum atomic E-state index is 13.1.